The number of phenolic OH excluding ortho intramolecular Hbond substituents is 1. The number of nitrogens with one attached hydrogen (secondary N) is 1. The lowest BCUT2D eigenvalue weighted by Crippen LogP contribution is -2.24. The van der Waals surface area contributed by atoms with Gasteiger partial charge in [0.1, 0.15) is 5.75 Å². The molecule has 2 N–H and O–H groups in total. The maximum atomic E-state index is 11.6. The van der Waals surface area contributed by atoms with E-state index in [1.165, 1.54) is 18.2 Å². The lowest BCUT2D eigenvalue weighted by atomic mass is 10.2. The molecule has 0 unspecified atom stereocenters. The molecule has 0 aromatic heterocycles. The number of rotatable bonds is 5. The van der Waals surface area contributed by atoms with Crippen LogP contribution in [-0.2, 0) is 0 Å². The summed E-state index contributed by atoms with van der Waals surface area (Å²) in [5.74, 6) is 0.373. The average Bonchev–Trinajstić information content (AvgIpc) is 2.28. The molecule has 0 aliphatic carbocycles. The quantitative estimate of drug-likeness (QED) is 0.633. The van der Waals surface area contributed by atoms with Crippen molar-refractivity contribution in [1.82, 2.24) is 5.32 Å². The van der Waals surface area contributed by atoms with Gasteiger partial charge in [-0.2, -0.15) is 0 Å². The second-order valence-electron chi connectivity index (χ2n) is 3.32. The van der Waals surface area contributed by atoms with Crippen LogP contribution in [0.4, 0.5) is 0 Å². The Labute approximate surface area is 104 Å². The van der Waals surface area contributed by atoms with E-state index >= 15 is 0 Å². The molecule has 0 fully saturated rings. The zero-order valence-corrected chi connectivity index (χ0v) is 10.2. The molecule has 3 nitrogen and oxygen atoms in total. The first-order valence-corrected chi connectivity index (χ1v) is 5.89. The summed E-state index contributed by atoms with van der Waals surface area (Å²) in [7, 11) is 0. The van der Waals surface area contributed by atoms with Crippen LogP contribution in [-0.4, -0.2) is 23.4 Å². The fourth-order valence-corrected chi connectivity index (χ4v) is 1.54. The van der Waals surface area contributed by atoms with Crippen LogP contribution in [0.2, 0.25) is 5.02 Å². The summed E-state index contributed by atoms with van der Waals surface area (Å²) in [5, 5.41) is 12.1. The van der Waals surface area contributed by atoms with Crippen molar-refractivity contribution >= 4 is 29.1 Å². The van der Waals surface area contributed by atoms with Crippen LogP contribution < -0.4 is 5.32 Å². The van der Waals surface area contributed by atoms with Crippen molar-refractivity contribution in [3.05, 3.63) is 28.8 Å². The van der Waals surface area contributed by atoms with Crippen molar-refractivity contribution < 1.29 is 9.90 Å². The fourth-order valence-electron chi connectivity index (χ4n) is 1.17. The molecule has 0 aliphatic rings. The van der Waals surface area contributed by atoms with Crippen molar-refractivity contribution in [3.8, 4) is 5.75 Å². The topological polar surface area (TPSA) is 49.3 Å². The predicted octanol–water partition coefficient (Wildman–Crippen LogP) is 2.79. The third kappa shape index (κ3) is 3.91. The van der Waals surface area contributed by atoms with Gasteiger partial charge in [0.05, 0.1) is 5.02 Å². The minimum absolute atomic E-state index is 0.0274. The molecule has 16 heavy (non-hydrogen) atoms. The van der Waals surface area contributed by atoms with E-state index in [1.807, 2.05) is 0 Å². The molecular weight excluding hydrogens is 249 g/mol. The molecule has 0 saturated heterocycles. The van der Waals surface area contributed by atoms with Gasteiger partial charge in [-0.1, -0.05) is 11.6 Å². The van der Waals surface area contributed by atoms with Crippen LogP contribution >= 0.6 is 23.2 Å². The minimum atomic E-state index is -0.198. The summed E-state index contributed by atoms with van der Waals surface area (Å²) in [6.07, 6.45) is 1.72. The van der Waals surface area contributed by atoms with Gasteiger partial charge < -0.3 is 10.4 Å². The largest absolute Gasteiger partial charge is 0.506 e. The summed E-state index contributed by atoms with van der Waals surface area (Å²) >= 11 is 11.2. The lowest BCUT2D eigenvalue weighted by molar-refractivity contribution is 0.0953. The number of alkyl halides is 1. The highest BCUT2D eigenvalue weighted by atomic mass is 35.5. The van der Waals surface area contributed by atoms with Gasteiger partial charge in [0.2, 0.25) is 0 Å². The molecular formula is C11H13Cl2NO2. The van der Waals surface area contributed by atoms with Gasteiger partial charge in [-0.15, -0.1) is 11.6 Å². The summed E-state index contributed by atoms with van der Waals surface area (Å²) in [6, 6.07) is 4.36. The first-order chi connectivity index (χ1) is 7.65. The molecule has 0 heterocycles. The van der Waals surface area contributed by atoms with E-state index in [9.17, 15) is 9.90 Å². The van der Waals surface area contributed by atoms with Gasteiger partial charge in [-0.3, -0.25) is 4.79 Å². The van der Waals surface area contributed by atoms with Crippen LogP contribution in [0.15, 0.2) is 18.2 Å². The molecule has 5 heteroatoms. The van der Waals surface area contributed by atoms with Crippen molar-refractivity contribution in [2.24, 2.45) is 0 Å². The fraction of sp³-hybridized carbons (Fsp3) is 0.364. The van der Waals surface area contributed by atoms with Crippen molar-refractivity contribution in [1.29, 1.82) is 0 Å². The van der Waals surface area contributed by atoms with Crippen molar-refractivity contribution in [3.63, 3.8) is 0 Å². The standard InChI is InChI=1S/C11H13Cl2NO2/c12-5-1-2-6-14-11(16)8-3-4-10(15)9(13)7-8/h3-4,7,15H,1-2,5-6H2,(H,14,16). The molecule has 1 rings (SSSR count). The monoisotopic (exact) mass is 261 g/mol. The maximum absolute atomic E-state index is 11.6. The van der Waals surface area contributed by atoms with E-state index in [2.05, 4.69) is 5.32 Å². The number of hydrogen-bond acceptors (Lipinski definition) is 2. The Hall–Kier alpha value is -0.930. The Kier molecular flexibility index (Phi) is 5.43. The van der Waals surface area contributed by atoms with Crippen LogP contribution in [0.3, 0.4) is 0 Å². The second-order valence-corrected chi connectivity index (χ2v) is 4.10. The third-order valence-electron chi connectivity index (χ3n) is 2.06. The normalized spacial score (nSPS) is 10.1. The maximum Gasteiger partial charge on any atom is 0.251 e. The lowest BCUT2D eigenvalue weighted by Gasteiger charge is -2.05. The zero-order valence-electron chi connectivity index (χ0n) is 8.67. The number of unbranched alkanes of at least 4 members (excludes halogenated alkanes) is 1. The first kappa shape index (κ1) is 13.1. The molecule has 88 valence electrons. The number of carbonyl (C=O) groups excluding carboxylic acids is 1. The van der Waals surface area contributed by atoms with E-state index < -0.39 is 0 Å². The van der Waals surface area contributed by atoms with E-state index in [0.29, 0.717) is 18.0 Å². The Morgan fingerprint density at radius 3 is 2.75 bits per heavy atom. The Morgan fingerprint density at radius 2 is 2.12 bits per heavy atom. The predicted molar refractivity (Wildman–Crippen MR) is 65.4 cm³/mol. The molecule has 0 radical (unpaired) electrons. The molecule has 0 atom stereocenters. The van der Waals surface area contributed by atoms with E-state index in [-0.39, 0.29) is 16.7 Å². The Bertz CT molecular complexity index is 369. The summed E-state index contributed by atoms with van der Waals surface area (Å²) in [4.78, 5) is 11.6. The van der Waals surface area contributed by atoms with Gasteiger partial charge in [0, 0.05) is 18.0 Å². The van der Waals surface area contributed by atoms with Gasteiger partial charge in [0.25, 0.3) is 5.91 Å². The Balaban J connectivity index is 2.50. The number of benzene rings is 1. The smallest absolute Gasteiger partial charge is 0.251 e. The van der Waals surface area contributed by atoms with Crippen LogP contribution in [0.1, 0.15) is 23.2 Å². The van der Waals surface area contributed by atoms with Crippen molar-refractivity contribution in [2.45, 2.75) is 12.8 Å². The Morgan fingerprint density at radius 1 is 1.38 bits per heavy atom. The van der Waals surface area contributed by atoms with E-state index in [0.717, 1.165) is 12.8 Å². The first-order valence-electron chi connectivity index (χ1n) is 4.98. The van der Waals surface area contributed by atoms with Gasteiger partial charge >= 0.3 is 0 Å². The van der Waals surface area contributed by atoms with E-state index in [1.54, 1.807) is 0 Å². The molecule has 0 aliphatic heterocycles. The summed E-state index contributed by atoms with van der Waals surface area (Å²) in [6.45, 7) is 0.587. The average molecular weight is 262 g/mol. The highest BCUT2D eigenvalue weighted by Crippen LogP contribution is 2.23. The van der Waals surface area contributed by atoms with Crippen LogP contribution in [0.25, 0.3) is 0 Å². The van der Waals surface area contributed by atoms with Crippen LogP contribution in [0.5, 0.6) is 5.75 Å². The van der Waals surface area contributed by atoms with Gasteiger partial charge in [-0.25, -0.2) is 0 Å². The number of amides is 1. The van der Waals surface area contributed by atoms with Crippen LogP contribution in [0, 0.1) is 0 Å². The molecule has 0 spiro atoms. The highest BCUT2D eigenvalue weighted by Gasteiger charge is 2.07. The third-order valence-corrected chi connectivity index (χ3v) is 2.63. The SMILES string of the molecule is O=C(NCCCCCl)c1ccc(O)c(Cl)c1. The number of phenols is 1. The molecule has 1 amide bonds. The minimum Gasteiger partial charge on any atom is -0.506 e. The number of carbonyl (C=O) groups is 1. The van der Waals surface area contributed by atoms with Gasteiger partial charge in [0.15, 0.2) is 0 Å². The number of aromatic hydroxyl groups is 1. The van der Waals surface area contributed by atoms with Gasteiger partial charge in [-0.05, 0) is 31.0 Å². The molecule has 0 bridgehead atoms. The molecule has 1 aromatic rings. The number of hydrogen-bond donors (Lipinski definition) is 2. The second kappa shape index (κ2) is 6.61. The number of halogens is 2. The molecule has 1 aromatic carbocycles. The molecule has 0 saturated carbocycles. The van der Waals surface area contributed by atoms with E-state index in [4.69, 9.17) is 23.2 Å². The van der Waals surface area contributed by atoms with Crippen molar-refractivity contribution in [2.75, 3.05) is 12.4 Å². The summed E-state index contributed by atoms with van der Waals surface area (Å²) < 4.78 is 0. The highest BCUT2D eigenvalue weighted by molar-refractivity contribution is 6.32. The summed E-state index contributed by atoms with van der Waals surface area (Å²) in [5.41, 5.74) is 0.439. The zero-order chi connectivity index (χ0) is 12.0.